The van der Waals surface area contributed by atoms with Gasteiger partial charge in [-0.2, -0.15) is 5.10 Å². The number of aromatic nitrogens is 2. The number of carbonyl (C=O) groups excluding carboxylic acids is 1. The number of benzene rings is 2. The van der Waals surface area contributed by atoms with Gasteiger partial charge < -0.3 is 15.0 Å². The van der Waals surface area contributed by atoms with E-state index in [1.807, 2.05) is 68.7 Å². The first-order valence-electron chi connectivity index (χ1n) is 8.98. The normalized spacial score (nSPS) is 11.9. The molecule has 0 aliphatic rings. The number of carbonyl (C=O) groups is 1. The van der Waals surface area contributed by atoms with Crippen molar-refractivity contribution in [3.63, 3.8) is 0 Å². The Morgan fingerprint density at radius 3 is 2.50 bits per heavy atom. The van der Waals surface area contributed by atoms with Gasteiger partial charge in [0.1, 0.15) is 18.1 Å². The van der Waals surface area contributed by atoms with Crippen LogP contribution in [0, 0.1) is 0 Å². The summed E-state index contributed by atoms with van der Waals surface area (Å²) < 4.78 is 6.84. The third kappa shape index (κ3) is 5.12. The Labute approximate surface area is 169 Å². The molecule has 3 aromatic rings. The molecule has 2 aromatic carbocycles. The smallest absolute Gasteiger partial charge is 0.280 e. The average Bonchev–Trinajstić information content (AvgIpc) is 3.03. The van der Waals surface area contributed by atoms with Crippen LogP contribution in [0.3, 0.4) is 0 Å². The fraction of sp³-hybridized carbons (Fsp3) is 0.238. The lowest BCUT2D eigenvalue weighted by Crippen LogP contribution is -3.08. The van der Waals surface area contributed by atoms with Crippen molar-refractivity contribution in [1.29, 1.82) is 0 Å². The number of nitrogens with zero attached hydrogens (tertiary/aromatic N) is 2. The van der Waals surface area contributed by atoms with Crippen LogP contribution in [0.15, 0.2) is 54.6 Å². The van der Waals surface area contributed by atoms with E-state index in [1.165, 1.54) is 0 Å². The number of aryl methyl sites for hydroxylation is 1. The highest BCUT2D eigenvalue weighted by Gasteiger charge is 2.14. The molecule has 0 spiro atoms. The van der Waals surface area contributed by atoms with E-state index in [9.17, 15) is 4.79 Å². The highest BCUT2D eigenvalue weighted by atomic mass is 35.5. The number of hydrogen-bond donors (Lipinski definition) is 2. The molecule has 28 heavy (non-hydrogen) atoms. The van der Waals surface area contributed by atoms with Crippen LogP contribution in [0.25, 0.3) is 11.3 Å². The van der Waals surface area contributed by atoms with Crippen LogP contribution in [0.1, 0.15) is 5.56 Å². The van der Waals surface area contributed by atoms with Crippen molar-refractivity contribution in [3.05, 3.63) is 65.2 Å². The highest BCUT2D eigenvalue weighted by molar-refractivity contribution is 6.30. The van der Waals surface area contributed by atoms with Crippen molar-refractivity contribution >= 4 is 23.3 Å². The minimum Gasteiger partial charge on any atom is -0.497 e. The van der Waals surface area contributed by atoms with E-state index >= 15 is 0 Å². The summed E-state index contributed by atoms with van der Waals surface area (Å²) in [6.07, 6.45) is 0. The van der Waals surface area contributed by atoms with E-state index in [4.69, 9.17) is 16.3 Å². The topological polar surface area (TPSA) is 60.6 Å². The zero-order valence-corrected chi connectivity index (χ0v) is 17.0. The van der Waals surface area contributed by atoms with E-state index in [2.05, 4.69) is 10.4 Å². The lowest BCUT2D eigenvalue weighted by molar-refractivity contribution is -0.885. The maximum absolute atomic E-state index is 12.4. The van der Waals surface area contributed by atoms with E-state index < -0.39 is 0 Å². The van der Waals surface area contributed by atoms with Gasteiger partial charge in [-0.25, -0.2) is 0 Å². The molecule has 1 unspecified atom stereocenters. The fourth-order valence-corrected chi connectivity index (χ4v) is 3.09. The van der Waals surface area contributed by atoms with Crippen molar-refractivity contribution in [2.24, 2.45) is 7.05 Å². The summed E-state index contributed by atoms with van der Waals surface area (Å²) in [6, 6.07) is 17.2. The molecule has 1 aromatic heterocycles. The van der Waals surface area contributed by atoms with Crippen LogP contribution in [-0.2, 0) is 18.4 Å². The minimum absolute atomic E-state index is 0.0586. The summed E-state index contributed by atoms with van der Waals surface area (Å²) in [4.78, 5) is 13.5. The molecular formula is C21H24ClN4O2+. The van der Waals surface area contributed by atoms with E-state index in [1.54, 1.807) is 11.8 Å². The van der Waals surface area contributed by atoms with Gasteiger partial charge in [-0.1, -0.05) is 23.7 Å². The number of amides is 1. The highest BCUT2D eigenvalue weighted by Crippen LogP contribution is 2.23. The summed E-state index contributed by atoms with van der Waals surface area (Å²) in [5, 5.41) is 8.09. The number of ether oxygens (including phenoxy) is 1. The molecule has 146 valence electrons. The van der Waals surface area contributed by atoms with Gasteiger partial charge in [-0.15, -0.1) is 0 Å². The number of nitrogens with one attached hydrogen (secondary N) is 2. The molecule has 1 heterocycles. The summed E-state index contributed by atoms with van der Waals surface area (Å²) in [6.45, 7) is 1.10. The Morgan fingerprint density at radius 2 is 1.86 bits per heavy atom. The third-order valence-corrected chi connectivity index (χ3v) is 4.67. The third-order valence-electron chi connectivity index (χ3n) is 4.41. The van der Waals surface area contributed by atoms with Crippen LogP contribution >= 0.6 is 11.6 Å². The lowest BCUT2D eigenvalue weighted by atomic mass is 10.1. The van der Waals surface area contributed by atoms with Crippen LogP contribution in [0.2, 0.25) is 5.02 Å². The monoisotopic (exact) mass is 399 g/mol. The summed E-state index contributed by atoms with van der Waals surface area (Å²) in [5.74, 6) is 1.43. The SMILES string of the molecule is COc1ccc(C[NH+](C)CC(=O)Nc2cc(-c3ccc(Cl)cc3)nn2C)cc1. The molecule has 2 N–H and O–H groups in total. The first kappa shape index (κ1) is 19.9. The van der Waals surface area contributed by atoms with Crippen molar-refractivity contribution in [2.75, 3.05) is 26.0 Å². The summed E-state index contributed by atoms with van der Waals surface area (Å²) in [5.41, 5.74) is 2.88. The van der Waals surface area contributed by atoms with Crippen LogP contribution in [0.5, 0.6) is 5.75 Å². The molecular weight excluding hydrogens is 376 g/mol. The van der Waals surface area contributed by atoms with E-state index in [0.717, 1.165) is 34.0 Å². The predicted molar refractivity (Wildman–Crippen MR) is 111 cm³/mol. The zero-order valence-electron chi connectivity index (χ0n) is 16.2. The molecule has 7 heteroatoms. The molecule has 1 amide bonds. The Morgan fingerprint density at radius 1 is 1.18 bits per heavy atom. The molecule has 3 rings (SSSR count). The second kappa shape index (κ2) is 8.91. The van der Waals surface area contributed by atoms with E-state index in [0.29, 0.717) is 17.4 Å². The summed E-state index contributed by atoms with van der Waals surface area (Å²) >= 11 is 5.93. The maximum Gasteiger partial charge on any atom is 0.280 e. The lowest BCUT2D eigenvalue weighted by Gasteiger charge is -2.14. The number of halogens is 1. The largest absolute Gasteiger partial charge is 0.497 e. The molecule has 0 aliphatic heterocycles. The molecule has 0 saturated carbocycles. The van der Waals surface area contributed by atoms with Gasteiger partial charge in [-0.3, -0.25) is 9.48 Å². The fourth-order valence-electron chi connectivity index (χ4n) is 2.96. The van der Waals surface area contributed by atoms with Crippen LogP contribution < -0.4 is 15.0 Å². The molecule has 0 saturated heterocycles. The molecule has 0 fully saturated rings. The van der Waals surface area contributed by atoms with Crippen LogP contribution in [0.4, 0.5) is 5.82 Å². The quantitative estimate of drug-likeness (QED) is 0.641. The predicted octanol–water partition coefficient (Wildman–Crippen LogP) is 2.40. The molecule has 0 bridgehead atoms. The first-order chi connectivity index (χ1) is 13.4. The van der Waals surface area contributed by atoms with E-state index in [-0.39, 0.29) is 5.91 Å². The van der Waals surface area contributed by atoms with Gasteiger partial charge in [0.25, 0.3) is 5.91 Å². The number of methoxy groups -OCH3 is 1. The van der Waals surface area contributed by atoms with Crippen LogP contribution in [-0.4, -0.2) is 36.4 Å². The number of likely N-dealkylation sites (N-methyl/N-ethyl adjacent to an activating group) is 1. The van der Waals surface area contributed by atoms with Crippen molar-refractivity contribution < 1.29 is 14.4 Å². The van der Waals surface area contributed by atoms with Crippen molar-refractivity contribution in [2.45, 2.75) is 6.54 Å². The van der Waals surface area contributed by atoms with Gasteiger partial charge in [-0.05, 0) is 36.4 Å². The zero-order chi connectivity index (χ0) is 20.1. The second-order valence-corrected chi connectivity index (χ2v) is 7.19. The van der Waals surface area contributed by atoms with Gasteiger partial charge >= 0.3 is 0 Å². The maximum atomic E-state index is 12.4. The first-order valence-corrected chi connectivity index (χ1v) is 9.36. The molecule has 1 atom stereocenters. The van der Waals surface area contributed by atoms with Gasteiger partial charge in [0.15, 0.2) is 6.54 Å². The Hall–Kier alpha value is -2.83. The standard InChI is InChI=1S/C21H23ClN4O2/c1-25(13-15-4-10-18(28-3)11-5-15)14-21(27)23-20-12-19(24-26(20)2)16-6-8-17(22)9-7-16/h4-12H,13-14H2,1-3H3,(H,23,27)/p+1. The minimum atomic E-state index is -0.0586. The molecule has 0 radical (unpaired) electrons. The Bertz CT molecular complexity index is 936. The van der Waals surface area contributed by atoms with Gasteiger partial charge in [0.2, 0.25) is 0 Å². The molecule has 0 aliphatic carbocycles. The number of quaternary nitrogens is 1. The average molecular weight is 400 g/mol. The summed E-state index contributed by atoms with van der Waals surface area (Å²) in [7, 11) is 5.45. The number of anilines is 1. The van der Waals surface area contributed by atoms with Gasteiger partial charge in [0.05, 0.1) is 19.9 Å². The second-order valence-electron chi connectivity index (χ2n) is 6.75. The van der Waals surface area contributed by atoms with Crippen molar-refractivity contribution in [3.8, 4) is 17.0 Å². The number of rotatable bonds is 7. The Kier molecular flexibility index (Phi) is 6.34. The molecule has 6 nitrogen and oxygen atoms in total. The van der Waals surface area contributed by atoms with Crippen molar-refractivity contribution in [1.82, 2.24) is 9.78 Å². The number of hydrogen-bond acceptors (Lipinski definition) is 3. The Balaban J connectivity index is 1.58. The van der Waals surface area contributed by atoms with Gasteiger partial charge in [0, 0.05) is 29.3 Å².